The number of fused-ring (bicyclic) bond motifs is 4. The molecule has 3 aromatic carbocycles. The van der Waals surface area contributed by atoms with Crippen molar-refractivity contribution < 1.29 is 24.5 Å². The quantitative estimate of drug-likeness (QED) is 0.128. The molecule has 0 saturated heterocycles. The van der Waals surface area contributed by atoms with Gasteiger partial charge in [-0.3, -0.25) is 4.98 Å². The SMILES string of the molecule is CC(C)c1cc(-c2[c-]cccc2)nc[c]1[Ge]([CH3])([CH3])[CH3].Cc1ccc2c(n1)oc1c(-c3nc4ccccc4n3C(C)C)[c-]ccc12.[Ir]. The number of aromatic nitrogens is 4. The van der Waals surface area contributed by atoms with E-state index in [0.29, 0.717) is 11.6 Å². The molecule has 237 valence electrons. The smallest absolute Gasteiger partial charge is 0.216 e. The van der Waals surface area contributed by atoms with E-state index in [9.17, 15) is 0 Å². The fourth-order valence-corrected chi connectivity index (χ4v) is 9.42. The van der Waals surface area contributed by atoms with E-state index in [2.05, 4.69) is 102 Å². The summed E-state index contributed by atoms with van der Waals surface area (Å²) in [4.78, 5) is 14.1. The monoisotopic (exact) mass is 847 g/mol. The Hall–Kier alpha value is -3.58. The largest absolute Gasteiger partial charge is 0.486 e. The maximum Gasteiger partial charge on any atom is 0.216 e. The van der Waals surface area contributed by atoms with Gasteiger partial charge in [0.05, 0.1) is 22.4 Å². The number of hydrogen-bond donors (Lipinski definition) is 0. The van der Waals surface area contributed by atoms with E-state index in [1.807, 2.05) is 61.5 Å². The Balaban J connectivity index is 0.000000187. The van der Waals surface area contributed by atoms with E-state index < -0.39 is 13.3 Å². The van der Waals surface area contributed by atoms with Crippen molar-refractivity contribution in [2.45, 2.75) is 63.8 Å². The van der Waals surface area contributed by atoms with Crippen molar-refractivity contribution in [2.75, 3.05) is 0 Å². The van der Waals surface area contributed by atoms with Gasteiger partial charge >= 0.3 is 119 Å². The Bertz CT molecular complexity index is 2120. The van der Waals surface area contributed by atoms with E-state index in [-0.39, 0.29) is 26.1 Å². The number of furan rings is 1. The Morgan fingerprint density at radius 3 is 2.28 bits per heavy atom. The molecule has 5 nitrogen and oxygen atoms in total. The number of benzene rings is 3. The van der Waals surface area contributed by atoms with Crippen LogP contribution in [-0.4, -0.2) is 32.8 Å². The first kappa shape index (κ1) is 33.8. The van der Waals surface area contributed by atoms with Crippen molar-refractivity contribution in [2.24, 2.45) is 0 Å². The average Bonchev–Trinajstić information content (AvgIpc) is 3.59. The maximum atomic E-state index is 6.15. The second-order valence-electron chi connectivity index (χ2n) is 13.2. The van der Waals surface area contributed by atoms with E-state index in [0.717, 1.165) is 55.7 Å². The van der Waals surface area contributed by atoms with Crippen molar-refractivity contribution in [1.29, 1.82) is 0 Å². The minimum Gasteiger partial charge on any atom is -0.486 e. The molecule has 0 aliphatic rings. The zero-order chi connectivity index (χ0) is 31.9. The van der Waals surface area contributed by atoms with Gasteiger partial charge in [0.15, 0.2) is 0 Å². The van der Waals surface area contributed by atoms with Crippen molar-refractivity contribution in [3.05, 3.63) is 108 Å². The van der Waals surface area contributed by atoms with Gasteiger partial charge in [0, 0.05) is 37.2 Å². The van der Waals surface area contributed by atoms with Crippen molar-refractivity contribution in [3.8, 4) is 22.6 Å². The van der Waals surface area contributed by atoms with Gasteiger partial charge in [0.25, 0.3) is 0 Å². The topological polar surface area (TPSA) is 56.7 Å². The van der Waals surface area contributed by atoms with Crippen LogP contribution in [0.5, 0.6) is 0 Å². The zero-order valence-corrected chi connectivity index (χ0v) is 32.3. The van der Waals surface area contributed by atoms with E-state index >= 15 is 0 Å². The molecule has 0 aliphatic heterocycles. The van der Waals surface area contributed by atoms with Crippen LogP contribution in [0.1, 0.15) is 50.9 Å². The Morgan fingerprint density at radius 1 is 0.826 bits per heavy atom. The summed E-state index contributed by atoms with van der Waals surface area (Å²) in [7, 11) is 0. The second-order valence-corrected chi connectivity index (χ2v) is 23.8. The minimum atomic E-state index is -1.85. The summed E-state index contributed by atoms with van der Waals surface area (Å²) in [5, 5.41) is 2.07. The van der Waals surface area contributed by atoms with Crippen LogP contribution in [0, 0.1) is 19.1 Å². The summed E-state index contributed by atoms with van der Waals surface area (Å²) in [5.74, 6) is 8.71. The first-order chi connectivity index (χ1) is 21.5. The number of aryl methyl sites for hydroxylation is 1. The van der Waals surface area contributed by atoms with Crippen LogP contribution >= 0.6 is 0 Å². The third-order valence-electron chi connectivity index (χ3n) is 8.12. The molecule has 4 aromatic heterocycles. The molecule has 7 aromatic rings. The molecule has 0 saturated carbocycles. The molecule has 0 amide bonds. The Kier molecular flexibility index (Phi) is 10.0. The number of nitrogens with zero attached hydrogens (tertiary/aromatic N) is 4. The Morgan fingerprint density at radius 2 is 1.59 bits per heavy atom. The number of imidazole rings is 1. The molecule has 0 aliphatic carbocycles. The van der Waals surface area contributed by atoms with Gasteiger partial charge in [-0.15, -0.1) is 18.2 Å². The van der Waals surface area contributed by atoms with E-state index in [1.54, 1.807) is 0 Å². The molecule has 46 heavy (non-hydrogen) atoms. The maximum absolute atomic E-state index is 6.15. The van der Waals surface area contributed by atoms with Crippen molar-refractivity contribution in [1.82, 2.24) is 19.5 Å². The molecule has 4 heterocycles. The van der Waals surface area contributed by atoms with Gasteiger partial charge in [0.2, 0.25) is 5.71 Å². The minimum absolute atomic E-state index is 0. The summed E-state index contributed by atoms with van der Waals surface area (Å²) in [6.45, 7) is 10.8. The summed E-state index contributed by atoms with van der Waals surface area (Å²) >= 11 is -1.85. The molecule has 0 atom stereocenters. The third kappa shape index (κ3) is 6.62. The fraction of sp³-hybridized carbons (Fsp3) is 0.256. The van der Waals surface area contributed by atoms with E-state index in [1.165, 1.54) is 9.96 Å². The first-order valence-corrected chi connectivity index (χ1v) is 23.0. The molecule has 0 bridgehead atoms. The summed E-state index contributed by atoms with van der Waals surface area (Å²) in [5.41, 5.74) is 8.96. The number of rotatable bonds is 5. The second kappa shape index (κ2) is 13.6. The van der Waals surface area contributed by atoms with Gasteiger partial charge in [-0.2, -0.15) is 0 Å². The molecule has 7 heteroatoms. The zero-order valence-electron chi connectivity index (χ0n) is 27.8. The molecule has 0 spiro atoms. The van der Waals surface area contributed by atoms with Gasteiger partial charge in [-0.1, -0.05) is 23.1 Å². The van der Waals surface area contributed by atoms with Crippen molar-refractivity contribution >= 4 is 50.8 Å². The summed E-state index contributed by atoms with van der Waals surface area (Å²) < 4.78 is 9.92. The molecule has 0 fully saturated rings. The normalized spacial score (nSPS) is 11.7. The number of hydrogen-bond acceptors (Lipinski definition) is 4. The molecular weight excluding hydrogens is 805 g/mol. The van der Waals surface area contributed by atoms with Crippen LogP contribution in [0.25, 0.3) is 55.7 Å². The fourth-order valence-electron chi connectivity index (χ4n) is 5.90. The molecule has 1 radical (unpaired) electrons. The molecule has 7 rings (SSSR count). The van der Waals surface area contributed by atoms with Crippen LogP contribution in [0.15, 0.2) is 89.5 Å². The molecular formula is C39H40GeIrN4O-2. The predicted octanol–water partition coefficient (Wildman–Crippen LogP) is 9.90. The average molecular weight is 846 g/mol. The summed E-state index contributed by atoms with van der Waals surface area (Å²) in [6, 6.07) is 33.5. The standard InChI is InChI=1S/C22H18N3O.C17H22GeN.Ir/c1-13(2)25-19-10-5-4-9-18(19)24-21(25)17-8-6-7-15-16-12-11-14(3)23-22(16)26-20(15)17;1-13(2)15-11-17(14-9-7-6-8-10-14)19-12-16(15)18(3,4)5;/h4-7,9-13H,1-3H3;6-9,11-13H,1-5H3;/q2*-1;. The Labute approximate surface area is 288 Å². The predicted molar refractivity (Wildman–Crippen MR) is 190 cm³/mol. The molecule has 0 N–H and O–H groups in total. The van der Waals surface area contributed by atoms with Gasteiger partial charge in [-0.05, 0) is 45.0 Å². The van der Waals surface area contributed by atoms with Gasteiger partial charge in [-0.25, -0.2) is 4.98 Å². The van der Waals surface area contributed by atoms with E-state index in [4.69, 9.17) is 9.40 Å². The number of pyridine rings is 2. The van der Waals surface area contributed by atoms with Crippen LogP contribution < -0.4 is 4.40 Å². The van der Waals surface area contributed by atoms with Crippen LogP contribution in [-0.2, 0) is 20.1 Å². The first-order valence-electron chi connectivity index (χ1n) is 15.7. The van der Waals surface area contributed by atoms with Crippen LogP contribution in [0.2, 0.25) is 17.3 Å². The van der Waals surface area contributed by atoms with Gasteiger partial charge in [0.1, 0.15) is 0 Å². The molecule has 0 unspecified atom stereocenters. The van der Waals surface area contributed by atoms with Crippen molar-refractivity contribution in [3.63, 3.8) is 0 Å². The van der Waals surface area contributed by atoms with Crippen LogP contribution in [0.4, 0.5) is 0 Å². The number of para-hydroxylation sites is 2. The third-order valence-corrected chi connectivity index (χ3v) is 12.4. The summed E-state index contributed by atoms with van der Waals surface area (Å²) in [6.07, 6.45) is 2.12. The van der Waals surface area contributed by atoms with Crippen LogP contribution in [0.3, 0.4) is 0 Å². The van der Waals surface area contributed by atoms with Gasteiger partial charge < -0.3 is 8.98 Å².